The summed E-state index contributed by atoms with van der Waals surface area (Å²) in [6, 6.07) is 12.9. The summed E-state index contributed by atoms with van der Waals surface area (Å²) in [7, 11) is 0. The molecular formula is C23H29N3O3. The van der Waals surface area contributed by atoms with Gasteiger partial charge >= 0.3 is 0 Å². The minimum atomic E-state index is -0.521. The molecule has 0 bridgehead atoms. The van der Waals surface area contributed by atoms with Crippen LogP contribution in [-0.2, 0) is 4.79 Å². The van der Waals surface area contributed by atoms with Crippen molar-refractivity contribution in [1.29, 1.82) is 0 Å². The number of hydrogen-bond donors (Lipinski definition) is 2. The molecule has 0 aliphatic carbocycles. The van der Waals surface area contributed by atoms with Crippen LogP contribution in [-0.4, -0.2) is 31.5 Å². The summed E-state index contributed by atoms with van der Waals surface area (Å²) in [4.78, 5) is 26.3. The Labute approximate surface area is 172 Å². The molecule has 2 amide bonds. The largest absolute Gasteiger partial charge is 0.484 e. The third-order valence-corrected chi connectivity index (χ3v) is 5.17. The van der Waals surface area contributed by atoms with Gasteiger partial charge in [-0.05, 0) is 61.1 Å². The average Bonchev–Trinajstić information content (AvgIpc) is 2.73. The summed E-state index contributed by atoms with van der Waals surface area (Å²) in [5.41, 5.74) is 8.50. The molecule has 3 rings (SSSR count). The van der Waals surface area contributed by atoms with Gasteiger partial charge in [-0.25, -0.2) is 0 Å². The van der Waals surface area contributed by atoms with Gasteiger partial charge in [-0.3, -0.25) is 9.59 Å². The van der Waals surface area contributed by atoms with Crippen molar-refractivity contribution in [2.75, 3.05) is 29.9 Å². The van der Waals surface area contributed by atoms with Gasteiger partial charge in [-0.15, -0.1) is 0 Å². The first-order chi connectivity index (χ1) is 13.9. The molecule has 0 saturated carbocycles. The Morgan fingerprint density at radius 2 is 1.76 bits per heavy atom. The second-order valence-electron chi connectivity index (χ2n) is 7.70. The monoisotopic (exact) mass is 395 g/mol. The molecule has 1 saturated heterocycles. The highest BCUT2D eigenvalue weighted by molar-refractivity contribution is 5.99. The highest BCUT2D eigenvalue weighted by Gasteiger charge is 2.17. The first-order valence-electron chi connectivity index (χ1n) is 10.2. The lowest BCUT2D eigenvalue weighted by molar-refractivity contribution is -0.118. The van der Waals surface area contributed by atoms with Crippen molar-refractivity contribution in [2.24, 2.45) is 5.73 Å². The maximum atomic E-state index is 12.5. The molecule has 2 aromatic rings. The van der Waals surface area contributed by atoms with Crippen LogP contribution < -0.4 is 20.7 Å². The molecule has 2 aromatic carbocycles. The summed E-state index contributed by atoms with van der Waals surface area (Å²) < 4.78 is 5.62. The van der Waals surface area contributed by atoms with Crippen LogP contribution in [0.3, 0.4) is 0 Å². The Morgan fingerprint density at radius 1 is 1.07 bits per heavy atom. The van der Waals surface area contributed by atoms with E-state index < -0.39 is 5.91 Å². The second-order valence-corrected chi connectivity index (χ2v) is 7.70. The van der Waals surface area contributed by atoms with E-state index >= 15 is 0 Å². The van der Waals surface area contributed by atoms with Crippen molar-refractivity contribution in [3.05, 3.63) is 53.6 Å². The molecule has 29 heavy (non-hydrogen) atoms. The molecule has 0 radical (unpaired) electrons. The number of benzene rings is 2. The molecule has 1 heterocycles. The van der Waals surface area contributed by atoms with Crippen LogP contribution in [0.1, 0.15) is 54.9 Å². The smallest absolute Gasteiger partial charge is 0.262 e. The maximum Gasteiger partial charge on any atom is 0.262 e. The van der Waals surface area contributed by atoms with E-state index in [1.807, 2.05) is 30.3 Å². The van der Waals surface area contributed by atoms with Gasteiger partial charge in [-0.2, -0.15) is 0 Å². The first kappa shape index (κ1) is 20.7. The van der Waals surface area contributed by atoms with E-state index in [9.17, 15) is 9.59 Å². The van der Waals surface area contributed by atoms with Crippen molar-refractivity contribution in [3.63, 3.8) is 0 Å². The molecule has 6 heteroatoms. The molecule has 6 nitrogen and oxygen atoms in total. The fraction of sp³-hybridized carbons (Fsp3) is 0.391. The van der Waals surface area contributed by atoms with E-state index in [4.69, 9.17) is 10.5 Å². The minimum Gasteiger partial charge on any atom is -0.484 e. The Balaban J connectivity index is 1.69. The Bertz CT molecular complexity index is 856. The van der Waals surface area contributed by atoms with Gasteiger partial charge < -0.3 is 20.7 Å². The average molecular weight is 396 g/mol. The fourth-order valence-corrected chi connectivity index (χ4v) is 3.48. The number of nitrogens with one attached hydrogen (secondary N) is 1. The second kappa shape index (κ2) is 9.45. The predicted molar refractivity (Wildman–Crippen MR) is 116 cm³/mol. The number of amides is 2. The summed E-state index contributed by atoms with van der Waals surface area (Å²) in [6.45, 7) is 6.00. The predicted octanol–water partition coefficient (Wildman–Crippen LogP) is 3.92. The summed E-state index contributed by atoms with van der Waals surface area (Å²) >= 11 is 0. The third-order valence-electron chi connectivity index (χ3n) is 5.17. The number of primary amides is 1. The number of nitrogens with zero attached hydrogens (tertiary/aromatic N) is 1. The van der Waals surface area contributed by atoms with Crippen molar-refractivity contribution in [2.45, 2.75) is 39.0 Å². The zero-order valence-corrected chi connectivity index (χ0v) is 17.1. The van der Waals surface area contributed by atoms with E-state index in [0.29, 0.717) is 22.9 Å². The SMILES string of the molecule is CC(C)c1ccc(OCC(=O)Nc2cc(C(N)=O)ccc2N2CCCCC2)cc1. The number of piperidine rings is 1. The molecule has 154 valence electrons. The molecule has 0 atom stereocenters. The number of carbonyl (C=O) groups excluding carboxylic acids is 2. The van der Waals surface area contributed by atoms with Crippen molar-refractivity contribution in [3.8, 4) is 5.75 Å². The van der Waals surface area contributed by atoms with E-state index in [-0.39, 0.29) is 12.5 Å². The van der Waals surface area contributed by atoms with Gasteiger partial charge in [0.1, 0.15) is 5.75 Å². The molecule has 3 N–H and O–H groups in total. The van der Waals surface area contributed by atoms with E-state index in [2.05, 4.69) is 24.1 Å². The Kier molecular flexibility index (Phi) is 6.75. The summed E-state index contributed by atoms with van der Waals surface area (Å²) in [5, 5.41) is 2.89. The van der Waals surface area contributed by atoms with Crippen LogP contribution in [0.4, 0.5) is 11.4 Å². The maximum absolute atomic E-state index is 12.5. The van der Waals surface area contributed by atoms with Crippen LogP contribution in [0.2, 0.25) is 0 Å². The number of rotatable bonds is 7. The quantitative estimate of drug-likeness (QED) is 0.744. The summed E-state index contributed by atoms with van der Waals surface area (Å²) in [6.07, 6.45) is 3.43. The minimum absolute atomic E-state index is 0.110. The van der Waals surface area contributed by atoms with Crippen molar-refractivity contribution in [1.82, 2.24) is 0 Å². The molecule has 0 unspecified atom stereocenters. The summed E-state index contributed by atoms with van der Waals surface area (Å²) in [5.74, 6) is 0.287. The number of nitrogens with two attached hydrogens (primary N) is 1. The first-order valence-corrected chi connectivity index (χ1v) is 10.2. The van der Waals surface area contributed by atoms with Gasteiger partial charge in [0.15, 0.2) is 6.61 Å². The van der Waals surface area contributed by atoms with Gasteiger partial charge in [0, 0.05) is 18.7 Å². The van der Waals surface area contributed by atoms with Crippen molar-refractivity contribution < 1.29 is 14.3 Å². The van der Waals surface area contributed by atoms with Crippen LogP contribution in [0.15, 0.2) is 42.5 Å². The number of ether oxygens (including phenoxy) is 1. The number of anilines is 2. The molecule has 0 aromatic heterocycles. The standard InChI is InChI=1S/C23H29N3O3/c1-16(2)17-6-9-19(10-7-17)29-15-22(27)25-20-14-18(23(24)28)8-11-21(20)26-12-4-3-5-13-26/h6-11,14,16H,3-5,12-13,15H2,1-2H3,(H2,24,28)(H,25,27). The van der Waals surface area contributed by atoms with Gasteiger partial charge in [-0.1, -0.05) is 26.0 Å². The number of carbonyl (C=O) groups is 2. The highest BCUT2D eigenvalue weighted by atomic mass is 16.5. The highest BCUT2D eigenvalue weighted by Crippen LogP contribution is 2.30. The van der Waals surface area contributed by atoms with E-state index in [1.165, 1.54) is 12.0 Å². The van der Waals surface area contributed by atoms with Gasteiger partial charge in [0.2, 0.25) is 5.91 Å². The van der Waals surface area contributed by atoms with Gasteiger partial charge in [0.05, 0.1) is 11.4 Å². The topological polar surface area (TPSA) is 84.7 Å². The van der Waals surface area contributed by atoms with E-state index in [1.54, 1.807) is 12.1 Å². The van der Waals surface area contributed by atoms with Crippen molar-refractivity contribution >= 4 is 23.2 Å². The lowest BCUT2D eigenvalue weighted by Crippen LogP contribution is -2.31. The van der Waals surface area contributed by atoms with Gasteiger partial charge in [0.25, 0.3) is 5.91 Å². The molecular weight excluding hydrogens is 366 g/mol. The van der Waals surface area contributed by atoms with E-state index in [0.717, 1.165) is 31.6 Å². The van der Waals surface area contributed by atoms with Crippen LogP contribution in [0.25, 0.3) is 0 Å². The Hall–Kier alpha value is -3.02. The lowest BCUT2D eigenvalue weighted by atomic mass is 10.0. The molecule has 0 spiro atoms. The zero-order valence-electron chi connectivity index (χ0n) is 17.1. The van der Waals surface area contributed by atoms with Crippen LogP contribution in [0.5, 0.6) is 5.75 Å². The number of hydrogen-bond acceptors (Lipinski definition) is 4. The molecule has 1 aliphatic rings. The fourth-order valence-electron chi connectivity index (χ4n) is 3.48. The Morgan fingerprint density at radius 3 is 2.38 bits per heavy atom. The normalized spacial score (nSPS) is 14.0. The lowest BCUT2D eigenvalue weighted by Gasteiger charge is -2.30. The zero-order chi connectivity index (χ0) is 20.8. The molecule has 1 aliphatic heterocycles. The molecule has 1 fully saturated rings. The van der Waals surface area contributed by atoms with Crippen LogP contribution in [0, 0.1) is 0 Å². The van der Waals surface area contributed by atoms with Crippen LogP contribution >= 0.6 is 0 Å². The third kappa shape index (κ3) is 5.50.